The van der Waals surface area contributed by atoms with Crippen molar-refractivity contribution in [3.8, 4) is 5.88 Å². The van der Waals surface area contributed by atoms with Crippen LogP contribution in [0.1, 0.15) is 44.2 Å². The van der Waals surface area contributed by atoms with Crippen LogP contribution in [0.25, 0.3) is 0 Å². The molecule has 1 aliphatic rings. The number of hydrogen-bond donors (Lipinski definition) is 1. The van der Waals surface area contributed by atoms with E-state index in [-0.39, 0.29) is 6.04 Å². The Balaban J connectivity index is 1.81. The fourth-order valence-corrected chi connectivity index (χ4v) is 1.90. The van der Waals surface area contributed by atoms with Gasteiger partial charge in [0, 0.05) is 18.3 Å². The second-order valence-electron chi connectivity index (χ2n) is 4.65. The topological polar surface area (TPSA) is 48.1 Å². The zero-order valence-electron chi connectivity index (χ0n) is 9.86. The highest BCUT2D eigenvalue weighted by atomic mass is 16.5. The molecule has 0 saturated heterocycles. The minimum atomic E-state index is 0.0389. The Morgan fingerprint density at radius 3 is 3.00 bits per heavy atom. The Morgan fingerprint density at radius 2 is 2.38 bits per heavy atom. The summed E-state index contributed by atoms with van der Waals surface area (Å²) in [5.41, 5.74) is 6.88. The SMILES string of the molecule is CC(N)c1ccnc(OCCC2CCC2)c1. The van der Waals surface area contributed by atoms with E-state index in [1.54, 1.807) is 6.20 Å². The molecular formula is C13H20N2O. The van der Waals surface area contributed by atoms with Crippen molar-refractivity contribution in [3.05, 3.63) is 23.9 Å². The Bertz CT molecular complexity index is 334. The molecule has 3 nitrogen and oxygen atoms in total. The summed E-state index contributed by atoms with van der Waals surface area (Å²) in [6.07, 6.45) is 7.05. The van der Waals surface area contributed by atoms with Gasteiger partial charge in [0.1, 0.15) is 0 Å². The van der Waals surface area contributed by atoms with Crippen molar-refractivity contribution >= 4 is 0 Å². The van der Waals surface area contributed by atoms with Crippen LogP contribution >= 0.6 is 0 Å². The van der Waals surface area contributed by atoms with E-state index in [0.29, 0.717) is 5.88 Å². The maximum absolute atomic E-state index is 5.81. The zero-order chi connectivity index (χ0) is 11.4. The third-order valence-corrected chi connectivity index (χ3v) is 3.29. The summed E-state index contributed by atoms with van der Waals surface area (Å²) in [5.74, 6) is 1.59. The van der Waals surface area contributed by atoms with Crippen molar-refractivity contribution < 1.29 is 4.74 Å². The number of hydrogen-bond acceptors (Lipinski definition) is 3. The third kappa shape index (κ3) is 2.95. The van der Waals surface area contributed by atoms with Gasteiger partial charge in [-0.15, -0.1) is 0 Å². The maximum Gasteiger partial charge on any atom is 0.213 e. The van der Waals surface area contributed by atoms with E-state index < -0.39 is 0 Å². The van der Waals surface area contributed by atoms with Crippen molar-refractivity contribution in [3.63, 3.8) is 0 Å². The summed E-state index contributed by atoms with van der Waals surface area (Å²) in [4.78, 5) is 4.18. The molecule has 1 aliphatic carbocycles. The second kappa shape index (κ2) is 5.30. The van der Waals surface area contributed by atoms with E-state index in [1.807, 2.05) is 19.1 Å². The molecule has 0 aromatic carbocycles. The highest BCUT2D eigenvalue weighted by Crippen LogP contribution is 2.29. The van der Waals surface area contributed by atoms with Crippen LogP contribution in [0.2, 0.25) is 0 Å². The molecule has 2 rings (SSSR count). The molecule has 2 N–H and O–H groups in total. The minimum Gasteiger partial charge on any atom is -0.478 e. The molecule has 3 heteroatoms. The Kier molecular flexibility index (Phi) is 3.78. The van der Waals surface area contributed by atoms with E-state index in [9.17, 15) is 0 Å². The average molecular weight is 220 g/mol. The number of nitrogens with zero attached hydrogens (tertiary/aromatic N) is 1. The van der Waals surface area contributed by atoms with Gasteiger partial charge in [0.25, 0.3) is 0 Å². The first kappa shape index (κ1) is 11.4. The fourth-order valence-electron chi connectivity index (χ4n) is 1.90. The summed E-state index contributed by atoms with van der Waals surface area (Å²) < 4.78 is 5.64. The molecule has 1 aromatic rings. The van der Waals surface area contributed by atoms with Crippen LogP contribution in [0.15, 0.2) is 18.3 Å². The molecule has 1 fully saturated rings. The summed E-state index contributed by atoms with van der Waals surface area (Å²) in [6.45, 7) is 2.74. The predicted octanol–water partition coefficient (Wildman–Crippen LogP) is 2.67. The highest BCUT2D eigenvalue weighted by Gasteiger charge is 2.16. The van der Waals surface area contributed by atoms with Crippen molar-refractivity contribution in [2.45, 2.75) is 38.6 Å². The lowest BCUT2D eigenvalue weighted by Crippen LogP contribution is -2.15. The smallest absolute Gasteiger partial charge is 0.213 e. The molecule has 0 amide bonds. The first-order valence-electron chi connectivity index (χ1n) is 6.10. The van der Waals surface area contributed by atoms with Crippen LogP contribution in [0.4, 0.5) is 0 Å². The summed E-state index contributed by atoms with van der Waals surface area (Å²) >= 11 is 0. The molecule has 0 aliphatic heterocycles. The van der Waals surface area contributed by atoms with Crippen molar-refractivity contribution in [2.24, 2.45) is 11.7 Å². The van der Waals surface area contributed by atoms with E-state index in [4.69, 9.17) is 10.5 Å². The first-order valence-corrected chi connectivity index (χ1v) is 6.10. The first-order chi connectivity index (χ1) is 7.75. The Labute approximate surface area is 97.0 Å². The molecule has 1 saturated carbocycles. The molecule has 0 bridgehead atoms. The van der Waals surface area contributed by atoms with Crippen LogP contribution in [-0.4, -0.2) is 11.6 Å². The Hall–Kier alpha value is -1.09. The van der Waals surface area contributed by atoms with Crippen molar-refractivity contribution in [1.82, 2.24) is 4.98 Å². The molecule has 88 valence electrons. The van der Waals surface area contributed by atoms with Gasteiger partial charge in [-0.2, -0.15) is 0 Å². The molecule has 16 heavy (non-hydrogen) atoms. The number of nitrogens with two attached hydrogens (primary N) is 1. The number of ether oxygens (including phenoxy) is 1. The van der Waals surface area contributed by atoms with Gasteiger partial charge < -0.3 is 10.5 Å². The van der Waals surface area contributed by atoms with Crippen LogP contribution in [0.3, 0.4) is 0 Å². The lowest BCUT2D eigenvalue weighted by molar-refractivity contribution is 0.217. The van der Waals surface area contributed by atoms with Gasteiger partial charge in [-0.3, -0.25) is 0 Å². The second-order valence-corrected chi connectivity index (χ2v) is 4.65. The minimum absolute atomic E-state index is 0.0389. The van der Waals surface area contributed by atoms with Gasteiger partial charge in [-0.1, -0.05) is 19.3 Å². The number of aromatic nitrogens is 1. The Morgan fingerprint density at radius 1 is 1.56 bits per heavy atom. The van der Waals surface area contributed by atoms with E-state index >= 15 is 0 Å². The predicted molar refractivity (Wildman–Crippen MR) is 64.3 cm³/mol. The maximum atomic E-state index is 5.81. The van der Waals surface area contributed by atoms with Crippen molar-refractivity contribution in [1.29, 1.82) is 0 Å². The standard InChI is InChI=1S/C13H20N2O/c1-10(14)12-5-7-15-13(9-12)16-8-6-11-3-2-4-11/h5,7,9-11H,2-4,6,8,14H2,1H3. The molecule has 1 aromatic heterocycles. The highest BCUT2D eigenvalue weighted by molar-refractivity contribution is 5.22. The summed E-state index contributed by atoms with van der Waals surface area (Å²) in [7, 11) is 0. The third-order valence-electron chi connectivity index (χ3n) is 3.29. The molecule has 0 spiro atoms. The summed E-state index contributed by atoms with van der Waals surface area (Å²) in [5, 5.41) is 0. The lowest BCUT2D eigenvalue weighted by Gasteiger charge is -2.24. The van der Waals surface area contributed by atoms with Gasteiger partial charge in [-0.05, 0) is 30.9 Å². The largest absolute Gasteiger partial charge is 0.478 e. The van der Waals surface area contributed by atoms with E-state index in [0.717, 1.165) is 24.5 Å². The van der Waals surface area contributed by atoms with Gasteiger partial charge >= 0.3 is 0 Å². The number of rotatable bonds is 5. The number of pyridine rings is 1. The van der Waals surface area contributed by atoms with Crippen molar-refractivity contribution in [2.75, 3.05) is 6.61 Å². The van der Waals surface area contributed by atoms with E-state index in [1.165, 1.54) is 19.3 Å². The molecular weight excluding hydrogens is 200 g/mol. The molecule has 1 atom stereocenters. The monoisotopic (exact) mass is 220 g/mol. The molecule has 0 radical (unpaired) electrons. The van der Waals surface area contributed by atoms with Crippen LogP contribution in [-0.2, 0) is 0 Å². The molecule has 1 heterocycles. The van der Waals surface area contributed by atoms with Gasteiger partial charge in [0.2, 0.25) is 5.88 Å². The van der Waals surface area contributed by atoms with E-state index in [2.05, 4.69) is 4.98 Å². The van der Waals surface area contributed by atoms with Crippen LogP contribution in [0.5, 0.6) is 5.88 Å². The zero-order valence-corrected chi connectivity index (χ0v) is 9.86. The van der Waals surface area contributed by atoms with Gasteiger partial charge in [0.05, 0.1) is 6.61 Å². The fraction of sp³-hybridized carbons (Fsp3) is 0.615. The van der Waals surface area contributed by atoms with Crippen LogP contribution in [0, 0.1) is 5.92 Å². The van der Waals surface area contributed by atoms with Gasteiger partial charge in [0.15, 0.2) is 0 Å². The lowest BCUT2D eigenvalue weighted by atomic mass is 9.83. The van der Waals surface area contributed by atoms with Gasteiger partial charge in [-0.25, -0.2) is 4.98 Å². The average Bonchev–Trinajstić information content (AvgIpc) is 2.22. The molecule has 1 unspecified atom stereocenters. The summed E-state index contributed by atoms with van der Waals surface area (Å²) in [6, 6.07) is 3.91. The normalized spacial score (nSPS) is 17.9. The van der Waals surface area contributed by atoms with Crippen LogP contribution < -0.4 is 10.5 Å². The quantitative estimate of drug-likeness (QED) is 0.830.